The van der Waals surface area contributed by atoms with Gasteiger partial charge in [0, 0.05) is 0 Å². The lowest BCUT2D eigenvalue weighted by Gasteiger charge is -2.38. The first-order valence-electron chi connectivity index (χ1n) is 11.0. The van der Waals surface area contributed by atoms with Crippen LogP contribution in [0.4, 0.5) is 8.78 Å². The molecule has 2 nitrogen and oxygen atoms in total. The lowest BCUT2D eigenvalue weighted by Crippen LogP contribution is -2.27. The molecule has 0 unspecified atom stereocenters. The number of halogens is 3. The van der Waals surface area contributed by atoms with E-state index >= 15 is 0 Å². The molecule has 0 bridgehead atoms. The molecule has 0 atom stereocenters. The van der Waals surface area contributed by atoms with Crippen molar-refractivity contribution in [3.8, 4) is 11.5 Å². The minimum absolute atomic E-state index is 0.0638. The van der Waals surface area contributed by atoms with E-state index in [2.05, 4.69) is 4.29 Å². The molecule has 28 heavy (non-hydrogen) atoms. The van der Waals surface area contributed by atoms with Gasteiger partial charge in [0.25, 0.3) is 0 Å². The highest BCUT2D eigenvalue weighted by Gasteiger charge is 2.33. The number of benzene rings is 1. The van der Waals surface area contributed by atoms with E-state index in [0.717, 1.165) is 36.5 Å². The molecule has 0 saturated heterocycles. The Bertz CT molecular complexity index is 648. The molecular formula is C23H31ClF2O2. The van der Waals surface area contributed by atoms with Crippen molar-refractivity contribution >= 4 is 11.9 Å². The van der Waals surface area contributed by atoms with E-state index in [1.54, 1.807) is 0 Å². The van der Waals surface area contributed by atoms with Gasteiger partial charge in [-0.1, -0.05) is 25.7 Å². The van der Waals surface area contributed by atoms with Crippen LogP contribution in [-0.2, 0) is 0 Å². The molecule has 0 amide bonds. The van der Waals surface area contributed by atoms with Crippen molar-refractivity contribution in [3.63, 3.8) is 0 Å². The summed E-state index contributed by atoms with van der Waals surface area (Å²) in [6.45, 7) is 0.443. The summed E-state index contributed by atoms with van der Waals surface area (Å²) in [6.07, 6.45) is 14.9. The maximum absolute atomic E-state index is 14.0. The van der Waals surface area contributed by atoms with Crippen LogP contribution < -0.4 is 9.03 Å². The molecule has 156 valence electrons. The van der Waals surface area contributed by atoms with Gasteiger partial charge in [-0.05, 0) is 86.7 Å². The summed E-state index contributed by atoms with van der Waals surface area (Å²) in [7, 11) is 0. The monoisotopic (exact) mass is 412 g/mol. The minimum atomic E-state index is -1.10. The van der Waals surface area contributed by atoms with E-state index < -0.39 is 11.6 Å². The lowest BCUT2D eigenvalue weighted by atomic mass is 9.69. The van der Waals surface area contributed by atoms with Crippen LogP contribution in [0.1, 0.15) is 70.6 Å². The van der Waals surface area contributed by atoms with E-state index in [1.807, 2.05) is 0 Å². The highest BCUT2D eigenvalue weighted by atomic mass is 35.5. The van der Waals surface area contributed by atoms with E-state index in [1.165, 1.54) is 69.9 Å². The van der Waals surface area contributed by atoms with Gasteiger partial charge < -0.3 is 9.03 Å². The molecule has 5 heteroatoms. The molecule has 0 heterocycles. The van der Waals surface area contributed by atoms with Crippen LogP contribution in [0.2, 0.25) is 0 Å². The average Bonchev–Trinajstić information content (AvgIpc) is 3.54. The average molecular weight is 413 g/mol. The minimum Gasteiger partial charge on any atom is -0.490 e. The van der Waals surface area contributed by atoms with Gasteiger partial charge in [0.15, 0.2) is 11.5 Å². The third kappa shape index (κ3) is 4.93. The number of ether oxygens (including phenoxy) is 1. The quantitative estimate of drug-likeness (QED) is 0.468. The van der Waals surface area contributed by atoms with Crippen molar-refractivity contribution in [2.45, 2.75) is 70.6 Å². The van der Waals surface area contributed by atoms with Crippen LogP contribution >= 0.6 is 11.9 Å². The molecule has 3 fully saturated rings. The highest BCUT2D eigenvalue weighted by molar-refractivity contribution is 6.09. The summed E-state index contributed by atoms with van der Waals surface area (Å²) in [5.41, 5.74) is 0. The van der Waals surface area contributed by atoms with Crippen LogP contribution in [0.3, 0.4) is 0 Å². The summed E-state index contributed by atoms with van der Waals surface area (Å²) in [5, 5.41) is 0. The van der Waals surface area contributed by atoms with Crippen molar-refractivity contribution in [2.24, 2.45) is 29.6 Å². The fourth-order valence-corrected chi connectivity index (χ4v) is 5.56. The molecule has 3 aliphatic carbocycles. The number of hydrogen-bond acceptors (Lipinski definition) is 2. The van der Waals surface area contributed by atoms with Gasteiger partial charge in [0.05, 0.1) is 6.61 Å². The van der Waals surface area contributed by atoms with Gasteiger partial charge in [0.1, 0.15) is 11.9 Å². The van der Waals surface area contributed by atoms with Gasteiger partial charge in [-0.3, -0.25) is 0 Å². The topological polar surface area (TPSA) is 18.5 Å². The molecule has 0 spiro atoms. The molecule has 3 saturated carbocycles. The molecular weight excluding hydrogens is 382 g/mol. The van der Waals surface area contributed by atoms with Crippen LogP contribution in [-0.4, -0.2) is 6.61 Å². The van der Waals surface area contributed by atoms with Crippen LogP contribution in [0.5, 0.6) is 11.5 Å². The second kappa shape index (κ2) is 9.19. The predicted molar refractivity (Wildman–Crippen MR) is 107 cm³/mol. The third-order valence-electron chi connectivity index (χ3n) is 7.38. The lowest BCUT2D eigenvalue weighted by molar-refractivity contribution is 0.119. The predicted octanol–water partition coefficient (Wildman–Crippen LogP) is 7.29. The zero-order chi connectivity index (χ0) is 19.5. The Hall–Kier alpha value is -1.03. The largest absolute Gasteiger partial charge is 0.490 e. The summed E-state index contributed by atoms with van der Waals surface area (Å²) in [6, 6.07) is 2.67. The molecule has 3 aliphatic rings. The first-order valence-corrected chi connectivity index (χ1v) is 11.3. The summed E-state index contributed by atoms with van der Waals surface area (Å²) in [4.78, 5) is 0. The molecule has 0 aliphatic heterocycles. The fourth-order valence-electron chi connectivity index (χ4n) is 5.44. The highest BCUT2D eigenvalue weighted by Crippen LogP contribution is 2.45. The first-order chi connectivity index (χ1) is 13.6. The summed E-state index contributed by atoms with van der Waals surface area (Å²) >= 11 is 5.12. The molecule has 1 aromatic carbocycles. The Morgan fingerprint density at radius 2 is 1.18 bits per heavy atom. The SMILES string of the molecule is Fc1c(OCl)ccc(OCC2CCC(C3CCC(CC4CC4)CC3)CC2)c1F. The Balaban J connectivity index is 1.19. The summed E-state index contributed by atoms with van der Waals surface area (Å²) in [5.74, 6) is 1.73. The van der Waals surface area contributed by atoms with Gasteiger partial charge in [-0.2, -0.15) is 8.78 Å². The van der Waals surface area contributed by atoms with Gasteiger partial charge in [-0.25, -0.2) is 0 Å². The second-order valence-electron chi connectivity index (χ2n) is 9.32. The van der Waals surface area contributed by atoms with E-state index in [4.69, 9.17) is 16.6 Å². The third-order valence-corrected chi connectivity index (χ3v) is 7.55. The zero-order valence-corrected chi connectivity index (χ0v) is 17.2. The van der Waals surface area contributed by atoms with Crippen molar-refractivity contribution in [1.82, 2.24) is 0 Å². The van der Waals surface area contributed by atoms with Crippen LogP contribution in [0.25, 0.3) is 0 Å². The Morgan fingerprint density at radius 3 is 1.71 bits per heavy atom. The van der Waals surface area contributed by atoms with Crippen molar-refractivity contribution in [1.29, 1.82) is 0 Å². The van der Waals surface area contributed by atoms with Gasteiger partial charge in [-0.15, -0.1) is 0 Å². The normalized spacial score (nSPS) is 30.8. The zero-order valence-electron chi connectivity index (χ0n) is 16.5. The fraction of sp³-hybridized carbons (Fsp3) is 0.739. The van der Waals surface area contributed by atoms with Gasteiger partial charge in [0.2, 0.25) is 11.6 Å². The first kappa shape index (κ1) is 20.3. The molecule has 4 rings (SSSR count). The maximum Gasteiger partial charge on any atom is 0.206 e. The maximum atomic E-state index is 14.0. The molecule has 0 radical (unpaired) electrons. The Labute approximate surface area is 172 Å². The molecule has 0 N–H and O–H groups in total. The number of rotatable bonds is 7. The molecule has 1 aromatic rings. The van der Waals surface area contributed by atoms with E-state index in [-0.39, 0.29) is 11.5 Å². The van der Waals surface area contributed by atoms with E-state index in [9.17, 15) is 8.78 Å². The van der Waals surface area contributed by atoms with E-state index in [0.29, 0.717) is 12.5 Å². The second-order valence-corrected chi connectivity index (χ2v) is 9.47. The van der Waals surface area contributed by atoms with Crippen LogP contribution in [0, 0.1) is 41.2 Å². The van der Waals surface area contributed by atoms with Crippen molar-refractivity contribution in [2.75, 3.05) is 6.61 Å². The molecule has 0 aromatic heterocycles. The van der Waals surface area contributed by atoms with Crippen LogP contribution in [0.15, 0.2) is 12.1 Å². The van der Waals surface area contributed by atoms with Crippen molar-refractivity contribution < 1.29 is 17.8 Å². The summed E-state index contributed by atoms with van der Waals surface area (Å²) < 4.78 is 37.6. The standard InChI is InChI=1S/C23H31ClF2O2/c24-28-21-12-11-20(22(25)23(21)26)27-14-17-5-9-19(10-6-17)18-7-3-16(4-8-18)13-15-1-2-15/h11-12,15-19H,1-10,13-14H2. The Morgan fingerprint density at radius 1 is 0.714 bits per heavy atom. The smallest absolute Gasteiger partial charge is 0.206 e. The Kier molecular flexibility index (Phi) is 6.65. The van der Waals surface area contributed by atoms with Gasteiger partial charge >= 0.3 is 0 Å². The number of hydrogen-bond donors (Lipinski definition) is 0. The van der Waals surface area contributed by atoms with Crippen molar-refractivity contribution in [3.05, 3.63) is 23.8 Å².